The lowest BCUT2D eigenvalue weighted by Gasteiger charge is -2.11. The van der Waals surface area contributed by atoms with Crippen molar-refractivity contribution in [3.05, 3.63) is 41.9 Å². The van der Waals surface area contributed by atoms with E-state index >= 15 is 0 Å². The van der Waals surface area contributed by atoms with Gasteiger partial charge in [0, 0.05) is 30.4 Å². The van der Waals surface area contributed by atoms with Crippen LogP contribution in [0.1, 0.15) is 18.1 Å². The van der Waals surface area contributed by atoms with Crippen LogP contribution in [0.2, 0.25) is 0 Å². The molecule has 0 bridgehead atoms. The van der Waals surface area contributed by atoms with E-state index in [0.717, 1.165) is 11.6 Å². The van der Waals surface area contributed by atoms with Crippen molar-refractivity contribution < 1.29 is 18.0 Å². The molecule has 0 unspecified atom stereocenters. The van der Waals surface area contributed by atoms with Crippen LogP contribution in [0.25, 0.3) is 16.8 Å². The number of fused-ring (bicyclic) bond motifs is 1. The monoisotopic (exact) mass is 349 g/mol. The molecular formula is C16H14F3N5O. The highest BCUT2D eigenvalue weighted by Crippen LogP contribution is 2.35. The zero-order chi connectivity index (χ0) is 18.4. The summed E-state index contributed by atoms with van der Waals surface area (Å²) in [5.41, 5.74) is 6.49. The number of nitrogens with two attached hydrogens (primary N) is 1. The lowest BCUT2D eigenvalue weighted by molar-refractivity contribution is -0.137. The Bertz CT molecular complexity index is 978. The molecule has 0 spiro atoms. The van der Waals surface area contributed by atoms with Gasteiger partial charge < -0.3 is 15.5 Å². The molecule has 0 aromatic carbocycles. The van der Waals surface area contributed by atoms with Gasteiger partial charge in [-0.15, -0.1) is 0 Å². The standard InChI is InChI=1S/C16H14F3N5O/c1-8-3-11(6-24-7-13(22-9(2)25)23-15(8)24)10-4-12(16(17,18)19)14(20)21-5-10/h3-7H,1-2H3,(H2,20,21)(H,22,25). The van der Waals surface area contributed by atoms with Gasteiger partial charge in [-0.1, -0.05) is 0 Å². The van der Waals surface area contributed by atoms with Crippen molar-refractivity contribution in [3.8, 4) is 11.1 Å². The van der Waals surface area contributed by atoms with Crippen molar-refractivity contribution in [1.29, 1.82) is 0 Å². The second kappa shape index (κ2) is 5.76. The number of alkyl halides is 3. The summed E-state index contributed by atoms with van der Waals surface area (Å²) in [5.74, 6) is -0.470. The van der Waals surface area contributed by atoms with Crippen LogP contribution in [0.4, 0.5) is 24.8 Å². The van der Waals surface area contributed by atoms with Gasteiger partial charge in [0.05, 0.1) is 11.8 Å². The number of amides is 1. The number of rotatable bonds is 2. The molecule has 0 radical (unpaired) electrons. The number of carbonyl (C=O) groups is 1. The van der Waals surface area contributed by atoms with Gasteiger partial charge in [0.15, 0.2) is 5.82 Å². The SMILES string of the molecule is CC(=O)Nc1cn2cc(-c3cnc(N)c(C(F)(F)F)c3)cc(C)c2n1. The number of carbonyl (C=O) groups excluding carboxylic acids is 1. The van der Waals surface area contributed by atoms with Gasteiger partial charge in [0.1, 0.15) is 11.5 Å². The van der Waals surface area contributed by atoms with Crippen molar-refractivity contribution in [2.75, 3.05) is 11.1 Å². The fourth-order valence-corrected chi connectivity index (χ4v) is 2.53. The van der Waals surface area contributed by atoms with Crippen LogP contribution >= 0.6 is 0 Å². The van der Waals surface area contributed by atoms with Crippen LogP contribution in [-0.4, -0.2) is 20.3 Å². The zero-order valence-corrected chi connectivity index (χ0v) is 13.3. The second-order valence-electron chi connectivity index (χ2n) is 5.60. The first-order valence-corrected chi connectivity index (χ1v) is 7.25. The van der Waals surface area contributed by atoms with Gasteiger partial charge in [-0.3, -0.25) is 4.79 Å². The Morgan fingerprint density at radius 2 is 1.96 bits per heavy atom. The van der Waals surface area contributed by atoms with E-state index in [1.54, 1.807) is 29.8 Å². The Labute approximate surface area is 140 Å². The van der Waals surface area contributed by atoms with E-state index < -0.39 is 17.6 Å². The minimum atomic E-state index is -4.58. The molecule has 9 heteroatoms. The summed E-state index contributed by atoms with van der Waals surface area (Å²) in [4.78, 5) is 19.1. The van der Waals surface area contributed by atoms with E-state index in [2.05, 4.69) is 15.3 Å². The Hall–Kier alpha value is -3.10. The molecule has 0 aliphatic carbocycles. The number of aryl methyl sites for hydroxylation is 1. The van der Waals surface area contributed by atoms with Crippen molar-refractivity contribution in [1.82, 2.24) is 14.4 Å². The molecular weight excluding hydrogens is 335 g/mol. The molecule has 3 aromatic rings. The Morgan fingerprint density at radius 1 is 1.24 bits per heavy atom. The number of nitrogen functional groups attached to an aromatic ring is 1. The van der Waals surface area contributed by atoms with Crippen LogP contribution in [-0.2, 0) is 11.0 Å². The van der Waals surface area contributed by atoms with E-state index in [1.165, 1.54) is 13.1 Å². The van der Waals surface area contributed by atoms with E-state index in [9.17, 15) is 18.0 Å². The third-order valence-corrected chi connectivity index (χ3v) is 3.60. The normalized spacial score (nSPS) is 11.7. The molecule has 3 N–H and O–H groups in total. The summed E-state index contributed by atoms with van der Waals surface area (Å²) in [6, 6.07) is 2.67. The van der Waals surface area contributed by atoms with Crippen LogP contribution < -0.4 is 11.1 Å². The zero-order valence-electron chi connectivity index (χ0n) is 13.3. The third-order valence-electron chi connectivity index (χ3n) is 3.60. The first-order valence-electron chi connectivity index (χ1n) is 7.25. The number of aromatic nitrogens is 3. The molecule has 3 rings (SSSR count). The molecule has 0 saturated carbocycles. The maximum atomic E-state index is 13.0. The third kappa shape index (κ3) is 3.25. The molecule has 0 atom stereocenters. The highest BCUT2D eigenvalue weighted by atomic mass is 19.4. The Kier molecular flexibility index (Phi) is 3.86. The van der Waals surface area contributed by atoms with E-state index in [0.29, 0.717) is 17.0 Å². The summed E-state index contributed by atoms with van der Waals surface area (Å²) < 4.78 is 40.7. The topological polar surface area (TPSA) is 85.3 Å². The fourth-order valence-electron chi connectivity index (χ4n) is 2.53. The minimum Gasteiger partial charge on any atom is -0.383 e. The molecule has 0 fully saturated rings. The van der Waals surface area contributed by atoms with Crippen molar-refractivity contribution >= 4 is 23.2 Å². The highest BCUT2D eigenvalue weighted by molar-refractivity contribution is 5.88. The largest absolute Gasteiger partial charge is 0.419 e. The van der Waals surface area contributed by atoms with Gasteiger partial charge in [-0.2, -0.15) is 13.2 Å². The molecule has 6 nitrogen and oxygen atoms in total. The van der Waals surface area contributed by atoms with Crippen molar-refractivity contribution in [3.63, 3.8) is 0 Å². The van der Waals surface area contributed by atoms with Crippen molar-refractivity contribution in [2.45, 2.75) is 20.0 Å². The number of hydrogen-bond donors (Lipinski definition) is 2. The van der Waals surface area contributed by atoms with Gasteiger partial charge in [0.25, 0.3) is 0 Å². The molecule has 0 aliphatic rings. The number of nitrogens with zero attached hydrogens (tertiary/aromatic N) is 3. The average molecular weight is 349 g/mol. The van der Waals surface area contributed by atoms with E-state index in [-0.39, 0.29) is 11.5 Å². The smallest absolute Gasteiger partial charge is 0.383 e. The Morgan fingerprint density at radius 3 is 2.60 bits per heavy atom. The lowest BCUT2D eigenvalue weighted by Crippen LogP contribution is -2.10. The molecule has 0 saturated heterocycles. The molecule has 3 heterocycles. The summed E-state index contributed by atoms with van der Waals surface area (Å²) in [6.45, 7) is 3.14. The number of imidazole rings is 1. The number of nitrogens with one attached hydrogen (secondary N) is 1. The number of anilines is 2. The first kappa shape index (κ1) is 16.7. The fraction of sp³-hybridized carbons (Fsp3) is 0.188. The highest BCUT2D eigenvalue weighted by Gasteiger charge is 2.34. The molecule has 25 heavy (non-hydrogen) atoms. The number of pyridine rings is 2. The summed E-state index contributed by atoms with van der Waals surface area (Å²) in [7, 11) is 0. The van der Waals surface area contributed by atoms with Gasteiger partial charge >= 0.3 is 6.18 Å². The predicted octanol–water partition coefficient (Wildman–Crippen LogP) is 3.26. The van der Waals surface area contributed by atoms with Crippen LogP contribution in [0.3, 0.4) is 0 Å². The van der Waals surface area contributed by atoms with Gasteiger partial charge in [-0.25, -0.2) is 9.97 Å². The van der Waals surface area contributed by atoms with E-state index in [1.807, 2.05) is 0 Å². The lowest BCUT2D eigenvalue weighted by atomic mass is 10.1. The summed E-state index contributed by atoms with van der Waals surface area (Å²) in [6.07, 6.45) is -0.0900. The maximum Gasteiger partial charge on any atom is 0.419 e. The predicted molar refractivity (Wildman–Crippen MR) is 86.9 cm³/mol. The summed E-state index contributed by atoms with van der Waals surface area (Å²) in [5, 5.41) is 2.57. The quantitative estimate of drug-likeness (QED) is 0.744. The van der Waals surface area contributed by atoms with Crippen molar-refractivity contribution in [2.24, 2.45) is 0 Å². The number of hydrogen-bond acceptors (Lipinski definition) is 4. The first-order chi connectivity index (χ1) is 11.6. The van der Waals surface area contributed by atoms with Gasteiger partial charge in [0.2, 0.25) is 5.91 Å². The van der Waals surface area contributed by atoms with Crippen LogP contribution in [0, 0.1) is 6.92 Å². The van der Waals surface area contributed by atoms with E-state index in [4.69, 9.17) is 5.73 Å². The Balaban J connectivity index is 2.12. The summed E-state index contributed by atoms with van der Waals surface area (Å²) >= 11 is 0. The molecule has 3 aromatic heterocycles. The average Bonchev–Trinajstić information content (AvgIpc) is 2.88. The molecule has 1 amide bonds. The minimum absolute atomic E-state index is 0.265. The molecule has 0 aliphatic heterocycles. The number of halogens is 3. The van der Waals surface area contributed by atoms with Crippen LogP contribution in [0.5, 0.6) is 0 Å². The van der Waals surface area contributed by atoms with Crippen LogP contribution in [0.15, 0.2) is 30.7 Å². The second-order valence-corrected chi connectivity index (χ2v) is 5.60. The van der Waals surface area contributed by atoms with Gasteiger partial charge in [-0.05, 0) is 24.6 Å². The maximum absolute atomic E-state index is 13.0. The molecule has 130 valence electrons.